The molecule has 0 bridgehead atoms. The number of likely N-dealkylation sites (tertiary alicyclic amines) is 1. The number of hydrogen-bond acceptors (Lipinski definition) is 10. The number of carbonyl (C=O) groups excluding carboxylic acids is 3. The van der Waals surface area contributed by atoms with Crippen LogP contribution in [0.25, 0.3) is 10.8 Å². The summed E-state index contributed by atoms with van der Waals surface area (Å²) >= 11 is 1.53. The van der Waals surface area contributed by atoms with Gasteiger partial charge in [0.1, 0.15) is 12.1 Å². The van der Waals surface area contributed by atoms with Gasteiger partial charge in [0, 0.05) is 29.7 Å². The topological polar surface area (TPSA) is 175 Å². The molecule has 3 amide bonds. The van der Waals surface area contributed by atoms with Gasteiger partial charge in [0.05, 0.1) is 22.7 Å². The van der Waals surface area contributed by atoms with E-state index in [0.29, 0.717) is 56.1 Å². The van der Waals surface area contributed by atoms with Crippen LogP contribution < -0.4 is 15.2 Å². The maximum atomic E-state index is 13.3. The highest BCUT2D eigenvalue weighted by atomic mass is 32.2. The van der Waals surface area contributed by atoms with Crippen LogP contribution in [0.15, 0.2) is 17.5 Å². The van der Waals surface area contributed by atoms with E-state index in [2.05, 4.69) is 24.6 Å². The number of carbonyl (C=O) groups is 3. The SMILES string of the molecule is CC(C)c1csc(-c2nc3c(c(OC4CC(C(N)=O)N(C(=O)CCCCCCC=CC5CC5C(=O)NS(=O)(=O)C5(C)CC5)C4)n2)CCCC3)n1. The minimum absolute atomic E-state index is 0.0926. The van der Waals surface area contributed by atoms with E-state index in [4.69, 9.17) is 25.4 Å². The molecule has 1 aliphatic heterocycles. The first-order valence-corrected chi connectivity index (χ1v) is 20.6. The number of sulfonamides is 1. The molecule has 12 nitrogen and oxygen atoms in total. The van der Waals surface area contributed by atoms with Crippen LogP contribution in [0.5, 0.6) is 5.88 Å². The molecule has 0 aromatic carbocycles. The molecular weight excluding hydrogens is 677 g/mol. The average molecular weight is 727 g/mol. The van der Waals surface area contributed by atoms with Crippen LogP contribution in [0, 0.1) is 11.8 Å². The van der Waals surface area contributed by atoms with Crippen molar-refractivity contribution < 1.29 is 27.5 Å². The number of aromatic nitrogens is 3. The van der Waals surface area contributed by atoms with Crippen LogP contribution in [-0.2, 0) is 37.2 Å². The summed E-state index contributed by atoms with van der Waals surface area (Å²) in [4.78, 5) is 54.1. The summed E-state index contributed by atoms with van der Waals surface area (Å²) in [5.41, 5.74) is 8.76. The number of hydrogen-bond donors (Lipinski definition) is 2. The summed E-state index contributed by atoms with van der Waals surface area (Å²) in [6.07, 6.45) is 14.4. The number of nitrogens with zero attached hydrogens (tertiary/aromatic N) is 4. The summed E-state index contributed by atoms with van der Waals surface area (Å²) in [6.45, 7) is 6.17. The van der Waals surface area contributed by atoms with Gasteiger partial charge in [-0.1, -0.05) is 38.8 Å². The van der Waals surface area contributed by atoms with Crippen molar-refractivity contribution in [2.45, 2.75) is 133 Å². The highest BCUT2D eigenvalue weighted by Crippen LogP contribution is 2.44. The third kappa shape index (κ3) is 8.38. The van der Waals surface area contributed by atoms with Gasteiger partial charge >= 0.3 is 0 Å². The molecule has 3 heterocycles. The monoisotopic (exact) mass is 726 g/mol. The van der Waals surface area contributed by atoms with E-state index in [0.717, 1.165) is 73.3 Å². The summed E-state index contributed by atoms with van der Waals surface area (Å²) in [5, 5.41) is 2.80. The summed E-state index contributed by atoms with van der Waals surface area (Å²) in [6, 6.07) is -0.715. The molecule has 14 heteroatoms. The lowest BCUT2D eigenvalue weighted by Crippen LogP contribution is -2.43. The molecule has 0 radical (unpaired) electrons. The van der Waals surface area contributed by atoms with Crippen molar-refractivity contribution in [3.63, 3.8) is 0 Å². The quantitative estimate of drug-likeness (QED) is 0.179. The fraction of sp³-hybridized carbons (Fsp3) is 0.667. The van der Waals surface area contributed by atoms with E-state index in [1.807, 2.05) is 11.5 Å². The first kappa shape index (κ1) is 36.4. The van der Waals surface area contributed by atoms with E-state index >= 15 is 0 Å². The normalized spacial score (nSPS) is 24.0. The summed E-state index contributed by atoms with van der Waals surface area (Å²) < 4.78 is 32.6. The Hall–Kier alpha value is -3.39. The Morgan fingerprint density at radius 3 is 2.58 bits per heavy atom. The van der Waals surface area contributed by atoms with Crippen LogP contribution in [0.4, 0.5) is 0 Å². The number of aryl methyl sites for hydroxylation is 1. The van der Waals surface area contributed by atoms with Crippen molar-refractivity contribution in [1.29, 1.82) is 0 Å². The van der Waals surface area contributed by atoms with E-state index in [1.54, 1.807) is 11.8 Å². The Morgan fingerprint density at radius 1 is 1.10 bits per heavy atom. The Bertz CT molecular complexity index is 1740. The molecule has 3 fully saturated rings. The highest BCUT2D eigenvalue weighted by molar-refractivity contribution is 7.91. The number of unbranched alkanes of at least 4 members (excludes halogenated alkanes) is 4. The molecule has 272 valence electrons. The first-order chi connectivity index (χ1) is 23.8. The molecule has 0 spiro atoms. The average Bonchev–Trinajstić information content (AvgIpc) is 3.91. The van der Waals surface area contributed by atoms with E-state index in [1.165, 1.54) is 11.3 Å². The standard InChI is InChI=1S/C36H50N6O6S2/c1-22(2)28-21-49-35(39-28)32-38-27-14-11-10-13-25(27)34(40-32)48-24-19-29(31(37)44)42(20-24)30(43)15-9-7-5-4-6-8-12-23-18-26(23)33(45)41-50(46,47)36(3)16-17-36/h8,12,21-24,26,29H,4-7,9-11,13-20H2,1-3H3,(H2,37,44)(H,41,45). The van der Waals surface area contributed by atoms with Crippen molar-refractivity contribution >= 4 is 39.1 Å². The number of amides is 3. The smallest absolute Gasteiger partial charge is 0.240 e. The lowest BCUT2D eigenvalue weighted by Gasteiger charge is -2.22. The molecular formula is C36H50N6O6S2. The van der Waals surface area contributed by atoms with Crippen molar-refractivity contribution in [2.24, 2.45) is 17.6 Å². The molecule has 3 aliphatic carbocycles. The van der Waals surface area contributed by atoms with Gasteiger partial charge in [-0.05, 0) is 83.0 Å². The lowest BCUT2D eigenvalue weighted by atomic mass is 9.97. The molecule has 50 heavy (non-hydrogen) atoms. The van der Waals surface area contributed by atoms with E-state index < -0.39 is 32.8 Å². The Labute approximate surface area is 299 Å². The lowest BCUT2D eigenvalue weighted by molar-refractivity contribution is -0.137. The van der Waals surface area contributed by atoms with Crippen LogP contribution in [0.3, 0.4) is 0 Å². The van der Waals surface area contributed by atoms with Gasteiger partial charge in [-0.15, -0.1) is 11.3 Å². The fourth-order valence-electron chi connectivity index (χ4n) is 6.80. The zero-order valence-corrected chi connectivity index (χ0v) is 31.0. The summed E-state index contributed by atoms with van der Waals surface area (Å²) in [5.74, 6) is 0.211. The van der Waals surface area contributed by atoms with Crippen molar-refractivity contribution in [1.82, 2.24) is 24.6 Å². The van der Waals surface area contributed by atoms with Gasteiger partial charge in [-0.25, -0.2) is 18.4 Å². The van der Waals surface area contributed by atoms with Gasteiger partial charge < -0.3 is 15.4 Å². The maximum absolute atomic E-state index is 13.3. The number of allylic oxidation sites excluding steroid dienone is 2. The summed E-state index contributed by atoms with van der Waals surface area (Å²) in [7, 11) is -3.59. The number of ether oxygens (including phenoxy) is 1. The molecule has 2 aromatic heterocycles. The fourth-order valence-corrected chi connectivity index (χ4v) is 9.02. The first-order valence-electron chi connectivity index (χ1n) is 18.2. The molecule has 6 rings (SSSR count). The number of nitrogens with one attached hydrogen (secondary N) is 1. The zero-order chi connectivity index (χ0) is 35.6. The van der Waals surface area contributed by atoms with Gasteiger partial charge in [0.25, 0.3) is 0 Å². The van der Waals surface area contributed by atoms with E-state index in [9.17, 15) is 22.8 Å². The van der Waals surface area contributed by atoms with Crippen molar-refractivity contribution in [2.75, 3.05) is 6.54 Å². The third-order valence-electron chi connectivity index (χ3n) is 10.5. The van der Waals surface area contributed by atoms with Crippen molar-refractivity contribution in [3.8, 4) is 16.7 Å². The molecule has 1 saturated heterocycles. The predicted octanol–water partition coefficient (Wildman–Crippen LogP) is 4.97. The van der Waals surface area contributed by atoms with Gasteiger partial charge in [0.2, 0.25) is 33.6 Å². The second kappa shape index (κ2) is 15.1. The molecule has 4 unspecified atom stereocenters. The van der Waals surface area contributed by atoms with Crippen LogP contribution in [-0.4, -0.2) is 69.4 Å². The number of primary amides is 1. The zero-order valence-electron chi connectivity index (χ0n) is 29.4. The highest BCUT2D eigenvalue weighted by Gasteiger charge is 2.52. The number of rotatable bonds is 16. The molecule has 4 aliphatic rings. The van der Waals surface area contributed by atoms with Crippen LogP contribution >= 0.6 is 11.3 Å². The number of nitrogens with two attached hydrogens (primary N) is 1. The van der Waals surface area contributed by atoms with Gasteiger partial charge in [0.15, 0.2) is 10.8 Å². The second-order valence-electron chi connectivity index (χ2n) is 15.0. The Morgan fingerprint density at radius 2 is 1.86 bits per heavy atom. The predicted molar refractivity (Wildman–Crippen MR) is 191 cm³/mol. The maximum Gasteiger partial charge on any atom is 0.240 e. The Kier molecular flexibility index (Phi) is 11.0. The molecule has 4 atom stereocenters. The van der Waals surface area contributed by atoms with Crippen molar-refractivity contribution in [3.05, 3.63) is 34.5 Å². The van der Waals surface area contributed by atoms with Crippen LogP contribution in [0.1, 0.15) is 121 Å². The van der Waals surface area contributed by atoms with Gasteiger partial charge in [-0.2, -0.15) is 4.98 Å². The molecule has 2 saturated carbocycles. The third-order valence-corrected chi connectivity index (χ3v) is 13.6. The number of fused-ring (bicyclic) bond motifs is 1. The minimum Gasteiger partial charge on any atom is -0.472 e. The second-order valence-corrected chi connectivity index (χ2v) is 18.0. The number of thiazole rings is 1. The molecule has 2 aromatic rings. The van der Waals surface area contributed by atoms with Gasteiger partial charge in [-0.3, -0.25) is 19.1 Å². The Balaban J connectivity index is 0.946. The van der Waals surface area contributed by atoms with E-state index in [-0.39, 0.29) is 30.2 Å². The van der Waals surface area contributed by atoms with Crippen LogP contribution in [0.2, 0.25) is 0 Å². The minimum atomic E-state index is -3.59. The molecule has 3 N–H and O–H groups in total. The largest absolute Gasteiger partial charge is 0.472 e.